The van der Waals surface area contributed by atoms with Gasteiger partial charge in [0.1, 0.15) is 24.2 Å². The fourth-order valence-electron chi connectivity index (χ4n) is 2.40. The maximum absolute atomic E-state index is 12.4. The van der Waals surface area contributed by atoms with Crippen LogP contribution >= 0.6 is 0 Å². The van der Waals surface area contributed by atoms with Crippen LogP contribution in [0.1, 0.15) is 11.4 Å². The topological polar surface area (TPSA) is 92.4 Å². The molecule has 3 rings (SSSR count). The summed E-state index contributed by atoms with van der Waals surface area (Å²) >= 11 is 0. The van der Waals surface area contributed by atoms with Crippen LogP contribution < -0.4 is 4.90 Å². The van der Waals surface area contributed by atoms with Gasteiger partial charge in [0.05, 0.1) is 5.69 Å². The molecule has 2 aromatic rings. The molecule has 0 atom stereocenters. The number of anilines is 1. The molecule has 0 bridgehead atoms. The lowest BCUT2D eigenvalue weighted by atomic mass is 10.3. The number of aromatic nitrogens is 3. The summed E-state index contributed by atoms with van der Waals surface area (Å²) in [6.07, 6.45) is 2.90. The van der Waals surface area contributed by atoms with Crippen LogP contribution in [-0.4, -0.2) is 54.0 Å². The van der Waals surface area contributed by atoms with Crippen molar-refractivity contribution < 1.29 is 12.9 Å². The van der Waals surface area contributed by atoms with Crippen LogP contribution in [0.3, 0.4) is 0 Å². The molecule has 1 saturated heterocycles. The molecule has 118 valence electrons. The molecule has 0 aliphatic carbocycles. The lowest BCUT2D eigenvalue weighted by molar-refractivity contribution is 0.380. The Balaban J connectivity index is 1.64. The smallest absolute Gasteiger partial charge is 0.220 e. The van der Waals surface area contributed by atoms with Crippen LogP contribution in [0.5, 0.6) is 0 Å². The van der Waals surface area contributed by atoms with Crippen LogP contribution in [0.4, 0.5) is 5.82 Å². The van der Waals surface area contributed by atoms with Crippen LogP contribution in [0.2, 0.25) is 0 Å². The first-order valence-corrected chi connectivity index (χ1v) is 8.56. The van der Waals surface area contributed by atoms with Gasteiger partial charge in [0.2, 0.25) is 10.0 Å². The Morgan fingerprint density at radius 2 is 2.00 bits per heavy atom. The molecule has 1 fully saturated rings. The van der Waals surface area contributed by atoms with Gasteiger partial charge in [0.25, 0.3) is 0 Å². The van der Waals surface area contributed by atoms with E-state index >= 15 is 0 Å². The number of hydrogen-bond acceptors (Lipinski definition) is 7. The Labute approximate surface area is 128 Å². The summed E-state index contributed by atoms with van der Waals surface area (Å²) in [4.78, 5) is 10.4. The number of piperazine rings is 1. The van der Waals surface area contributed by atoms with Gasteiger partial charge in [0, 0.05) is 44.0 Å². The molecule has 22 heavy (non-hydrogen) atoms. The number of rotatable bonds is 4. The van der Waals surface area contributed by atoms with Crippen molar-refractivity contribution >= 4 is 15.8 Å². The number of nitrogens with zero attached hydrogens (tertiary/aromatic N) is 5. The van der Waals surface area contributed by atoms with Crippen molar-refractivity contribution in [2.45, 2.75) is 12.7 Å². The third kappa shape index (κ3) is 3.25. The molecule has 1 aliphatic heterocycles. The van der Waals surface area contributed by atoms with Crippen LogP contribution in [0.25, 0.3) is 0 Å². The summed E-state index contributed by atoms with van der Waals surface area (Å²) in [5.74, 6) is 0.705. The number of hydrogen-bond donors (Lipinski definition) is 0. The highest BCUT2D eigenvalue weighted by Gasteiger charge is 2.28. The van der Waals surface area contributed by atoms with E-state index in [2.05, 4.69) is 24.5 Å². The molecule has 0 spiro atoms. The molecule has 2 aromatic heterocycles. The molecular formula is C13H17N5O3S. The van der Waals surface area contributed by atoms with Crippen LogP contribution in [-0.2, 0) is 15.8 Å². The Morgan fingerprint density at radius 1 is 1.23 bits per heavy atom. The van der Waals surface area contributed by atoms with E-state index in [1.807, 2.05) is 13.0 Å². The second-order valence-electron chi connectivity index (χ2n) is 5.15. The number of sulfonamides is 1. The van der Waals surface area contributed by atoms with Gasteiger partial charge in [0.15, 0.2) is 0 Å². The van der Waals surface area contributed by atoms with E-state index in [1.165, 1.54) is 16.9 Å². The van der Waals surface area contributed by atoms with Gasteiger partial charge in [-0.3, -0.25) is 0 Å². The molecule has 9 heteroatoms. The van der Waals surface area contributed by atoms with E-state index in [0.717, 1.165) is 11.5 Å². The highest BCUT2D eigenvalue weighted by molar-refractivity contribution is 7.88. The van der Waals surface area contributed by atoms with Gasteiger partial charge >= 0.3 is 0 Å². The van der Waals surface area contributed by atoms with Crippen molar-refractivity contribution in [2.24, 2.45) is 0 Å². The first-order valence-electron chi connectivity index (χ1n) is 6.95. The fourth-order valence-corrected chi connectivity index (χ4v) is 3.82. The molecule has 0 saturated carbocycles. The molecular weight excluding hydrogens is 306 g/mol. The molecule has 0 aromatic carbocycles. The molecule has 0 N–H and O–H groups in total. The van der Waals surface area contributed by atoms with Crippen LogP contribution in [0, 0.1) is 6.92 Å². The minimum absolute atomic E-state index is 0.129. The van der Waals surface area contributed by atoms with Crippen molar-refractivity contribution in [3.63, 3.8) is 0 Å². The van der Waals surface area contributed by atoms with Gasteiger partial charge in [-0.2, -0.15) is 4.31 Å². The fraction of sp³-hybridized carbons (Fsp3) is 0.462. The first-order chi connectivity index (χ1) is 10.5. The van der Waals surface area contributed by atoms with E-state index in [9.17, 15) is 8.42 Å². The summed E-state index contributed by atoms with van der Waals surface area (Å²) in [6, 6.07) is 3.47. The van der Waals surface area contributed by atoms with E-state index in [0.29, 0.717) is 31.9 Å². The van der Waals surface area contributed by atoms with E-state index in [4.69, 9.17) is 0 Å². The maximum atomic E-state index is 12.4. The summed E-state index contributed by atoms with van der Waals surface area (Å²) < 4.78 is 30.9. The SMILES string of the molecule is Cc1cc(N2CCN(S(=O)(=O)Cc3ccon3)CC2)ncn1. The predicted octanol–water partition coefficient (Wildman–Crippen LogP) is 0.425. The normalized spacial score (nSPS) is 16.9. The van der Waals surface area contributed by atoms with Crippen molar-refractivity contribution in [1.29, 1.82) is 0 Å². The van der Waals surface area contributed by atoms with Gasteiger partial charge in [-0.1, -0.05) is 5.16 Å². The lowest BCUT2D eigenvalue weighted by Gasteiger charge is -2.34. The Kier molecular flexibility index (Phi) is 4.08. The molecule has 1 aliphatic rings. The molecule has 0 amide bonds. The summed E-state index contributed by atoms with van der Waals surface area (Å²) in [6.45, 7) is 3.99. The van der Waals surface area contributed by atoms with Crippen molar-refractivity contribution in [3.05, 3.63) is 36.1 Å². The van der Waals surface area contributed by atoms with Crippen molar-refractivity contribution in [2.75, 3.05) is 31.1 Å². The minimum Gasteiger partial charge on any atom is -0.364 e. The van der Waals surface area contributed by atoms with E-state index in [-0.39, 0.29) is 5.75 Å². The predicted molar refractivity (Wildman–Crippen MR) is 79.7 cm³/mol. The highest BCUT2D eigenvalue weighted by atomic mass is 32.2. The molecule has 8 nitrogen and oxygen atoms in total. The van der Waals surface area contributed by atoms with Crippen molar-refractivity contribution in [1.82, 2.24) is 19.4 Å². The van der Waals surface area contributed by atoms with Gasteiger partial charge in [-0.15, -0.1) is 0 Å². The Hall–Kier alpha value is -2.00. The van der Waals surface area contributed by atoms with Crippen molar-refractivity contribution in [3.8, 4) is 0 Å². The van der Waals surface area contributed by atoms with E-state index in [1.54, 1.807) is 6.07 Å². The largest absolute Gasteiger partial charge is 0.364 e. The van der Waals surface area contributed by atoms with E-state index < -0.39 is 10.0 Å². The summed E-state index contributed by atoms with van der Waals surface area (Å²) in [5.41, 5.74) is 1.32. The number of aryl methyl sites for hydroxylation is 1. The second kappa shape index (κ2) is 6.01. The average Bonchev–Trinajstić information content (AvgIpc) is 2.99. The highest BCUT2D eigenvalue weighted by Crippen LogP contribution is 2.17. The van der Waals surface area contributed by atoms with Gasteiger partial charge < -0.3 is 9.42 Å². The zero-order chi connectivity index (χ0) is 15.6. The van der Waals surface area contributed by atoms with Gasteiger partial charge in [-0.05, 0) is 6.92 Å². The van der Waals surface area contributed by atoms with Crippen LogP contribution in [0.15, 0.2) is 29.2 Å². The monoisotopic (exact) mass is 323 g/mol. The lowest BCUT2D eigenvalue weighted by Crippen LogP contribution is -2.49. The zero-order valence-electron chi connectivity index (χ0n) is 12.2. The summed E-state index contributed by atoms with van der Waals surface area (Å²) in [5, 5.41) is 3.66. The Bertz CT molecular complexity index is 724. The molecule has 0 unspecified atom stereocenters. The van der Waals surface area contributed by atoms with Gasteiger partial charge in [-0.25, -0.2) is 18.4 Å². The third-order valence-electron chi connectivity index (χ3n) is 3.57. The third-order valence-corrected chi connectivity index (χ3v) is 5.38. The summed E-state index contributed by atoms with van der Waals surface area (Å²) in [7, 11) is -3.37. The Morgan fingerprint density at radius 3 is 2.64 bits per heavy atom. The average molecular weight is 323 g/mol. The molecule has 0 radical (unpaired) electrons. The standard InChI is InChI=1S/C13H17N5O3S/c1-11-8-13(15-10-14-11)17-3-5-18(6-4-17)22(19,20)9-12-2-7-21-16-12/h2,7-8,10H,3-6,9H2,1H3. The minimum atomic E-state index is -3.37. The quantitative estimate of drug-likeness (QED) is 0.805. The maximum Gasteiger partial charge on any atom is 0.220 e. The zero-order valence-corrected chi connectivity index (χ0v) is 13.0. The first kappa shape index (κ1) is 14.9. The second-order valence-corrected chi connectivity index (χ2v) is 7.12. The molecule has 3 heterocycles.